The van der Waals surface area contributed by atoms with Gasteiger partial charge in [0.05, 0.1) is 5.56 Å². The molecule has 0 spiro atoms. The van der Waals surface area contributed by atoms with Gasteiger partial charge in [-0.2, -0.15) is 0 Å². The van der Waals surface area contributed by atoms with Crippen molar-refractivity contribution >= 4 is 56.1 Å². The van der Waals surface area contributed by atoms with Gasteiger partial charge in [0.15, 0.2) is 0 Å². The number of halogens is 2. The van der Waals surface area contributed by atoms with Gasteiger partial charge in [0.25, 0.3) is 5.91 Å². The van der Waals surface area contributed by atoms with E-state index in [1.54, 1.807) is 12.1 Å². The zero-order valence-electron chi connectivity index (χ0n) is 10.4. The number of hydrogen-bond donors (Lipinski definition) is 3. The highest BCUT2D eigenvalue weighted by molar-refractivity contribution is 14.1. The number of anilines is 1. The zero-order valence-corrected chi connectivity index (χ0v) is 14.2. The van der Waals surface area contributed by atoms with E-state index in [0.29, 0.717) is 11.3 Å². The maximum Gasteiger partial charge on any atom is 0.339 e. The van der Waals surface area contributed by atoms with Gasteiger partial charge < -0.3 is 15.5 Å². The van der Waals surface area contributed by atoms with Crippen LogP contribution in [0.2, 0.25) is 0 Å². The van der Waals surface area contributed by atoms with Gasteiger partial charge in [-0.25, -0.2) is 4.79 Å². The third-order valence-electron chi connectivity index (χ3n) is 2.66. The van der Waals surface area contributed by atoms with Gasteiger partial charge in [-0.1, -0.05) is 15.9 Å². The second-order valence-electron chi connectivity index (χ2n) is 4.12. The van der Waals surface area contributed by atoms with Crippen LogP contribution in [0.15, 0.2) is 40.9 Å². The summed E-state index contributed by atoms with van der Waals surface area (Å²) in [6, 6.07) is 9.16. The summed E-state index contributed by atoms with van der Waals surface area (Å²) in [6.45, 7) is 0. The van der Waals surface area contributed by atoms with E-state index < -0.39 is 5.97 Å². The fourth-order valence-electron chi connectivity index (χ4n) is 1.66. The van der Waals surface area contributed by atoms with Crippen LogP contribution < -0.4 is 5.32 Å². The van der Waals surface area contributed by atoms with Crippen LogP contribution in [0.25, 0.3) is 0 Å². The smallest absolute Gasteiger partial charge is 0.339 e. The molecule has 0 heterocycles. The molecular weight excluding hydrogens is 453 g/mol. The van der Waals surface area contributed by atoms with E-state index in [2.05, 4.69) is 21.2 Å². The molecular formula is C14H9BrINO4. The number of amides is 1. The van der Waals surface area contributed by atoms with E-state index in [-0.39, 0.29) is 17.2 Å². The standard InChI is InChI=1S/C14H9BrINO4/c15-7-1-3-11(16)9(5-7)13(19)17-8-2-4-12(18)10(6-8)14(20)21/h1-6,18H,(H,17,19)(H,20,21). The molecule has 0 atom stereocenters. The van der Waals surface area contributed by atoms with Gasteiger partial charge in [-0.05, 0) is 59.0 Å². The quantitative estimate of drug-likeness (QED) is 0.480. The number of carbonyl (C=O) groups is 2. The van der Waals surface area contributed by atoms with Crippen LogP contribution in [0.5, 0.6) is 5.75 Å². The lowest BCUT2D eigenvalue weighted by atomic mass is 10.1. The predicted octanol–water partition coefficient (Wildman–Crippen LogP) is 3.71. The number of carboxylic acid groups (broad SMARTS) is 1. The molecule has 0 aliphatic rings. The Balaban J connectivity index is 2.29. The minimum atomic E-state index is -1.26. The number of carbonyl (C=O) groups excluding carboxylic acids is 1. The van der Waals surface area contributed by atoms with Crippen molar-refractivity contribution in [3.63, 3.8) is 0 Å². The average molecular weight is 462 g/mol. The minimum Gasteiger partial charge on any atom is -0.507 e. The molecule has 2 rings (SSSR count). The Morgan fingerprint density at radius 1 is 1.10 bits per heavy atom. The summed E-state index contributed by atoms with van der Waals surface area (Å²) in [5.74, 6) is -1.97. The summed E-state index contributed by atoms with van der Waals surface area (Å²) in [7, 11) is 0. The molecule has 0 aliphatic carbocycles. The van der Waals surface area contributed by atoms with Crippen molar-refractivity contribution in [2.75, 3.05) is 5.32 Å². The first-order chi connectivity index (χ1) is 9.88. The van der Waals surface area contributed by atoms with Crippen molar-refractivity contribution in [3.05, 3.63) is 55.6 Å². The number of carboxylic acids is 1. The van der Waals surface area contributed by atoms with Crippen LogP contribution in [0.1, 0.15) is 20.7 Å². The third-order valence-corrected chi connectivity index (χ3v) is 4.09. The first kappa shape index (κ1) is 15.8. The molecule has 1 amide bonds. The van der Waals surface area contributed by atoms with Crippen molar-refractivity contribution in [3.8, 4) is 5.75 Å². The lowest BCUT2D eigenvalue weighted by Gasteiger charge is -2.09. The van der Waals surface area contributed by atoms with Gasteiger partial charge >= 0.3 is 5.97 Å². The number of hydrogen-bond acceptors (Lipinski definition) is 3. The molecule has 2 aromatic rings. The molecule has 21 heavy (non-hydrogen) atoms. The largest absolute Gasteiger partial charge is 0.507 e. The fourth-order valence-corrected chi connectivity index (χ4v) is 2.60. The minimum absolute atomic E-state index is 0.267. The normalized spacial score (nSPS) is 10.2. The molecule has 0 aliphatic heterocycles. The first-order valence-corrected chi connectivity index (χ1v) is 7.58. The van der Waals surface area contributed by atoms with E-state index in [4.69, 9.17) is 5.11 Å². The zero-order chi connectivity index (χ0) is 15.6. The van der Waals surface area contributed by atoms with Crippen molar-refractivity contribution in [2.45, 2.75) is 0 Å². The Morgan fingerprint density at radius 2 is 1.81 bits per heavy atom. The van der Waals surface area contributed by atoms with Crippen LogP contribution in [0.3, 0.4) is 0 Å². The molecule has 5 nitrogen and oxygen atoms in total. The van der Waals surface area contributed by atoms with Crippen LogP contribution >= 0.6 is 38.5 Å². The maximum absolute atomic E-state index is 12.2. The van der Waals surface area contributed by atoms with Crippen molar-refractivity contribution in [2.24, 2.45) is 0 Å². The van der Waals surface area contributed by atoms with Gasteiger partial charge in [0.2, 0.25) is 0 Å². The van der Waals surface area contributed by atoms with Gasteiger partial charge in [0, 0.05) is 13.7 Å². The van der Waals surface area contributed by atoms with E-state index >= 15 is 0 Å². The molecule has 0 saturated carbocycles. The highest BCUT2D eigenvalue weighted by Gasteiger charge is 2.14. The monoisotopic (exact) mass is 461 g/mol. The van der Waals surface area contributed by atoms with E-state index in [9.17, 15) is 14.7 Å². The van der Waals surface area contributed by atoms with E-state index in [0.717, 1.165) is 8.04 Å². The topological polar surface area (TPSA) is 86.6 Å². The first-order valence-electron chi connectivity index (χ1n) is 5.71. The molecule has 0 radical (unpaired) electrons. The van der Waals surface area contributed by atoms with Crippen LogP contribution in [0, 0.1) is 3.57 Å². The Bertz CT molecular complexity index is 733. The second kappa shape index (κ2) is 6.44. The summed E-state index contributed by atoms with van der Waals surface area (Å²) >= 11 is 5.34. The fraction of sp³-hybridized carbons (Fsp3) is 0. The highest BCUT2D eigenvalue weighted by Crippen LogP contribution is 2.23. The van der Waals surface area contributed by atoms with Gasteiger partial charge in [-0.15, -0.1) is 0 Å². The SMILES string of the molecule is O=C(O)c1cc(NC(=O)c2cc(Br)ccc2I)ccc1O. The maximum atomic E-state index is 12.2. The predicted molar refractivity (Wildman–Crippen MR) is 89.9 cm³/mol. The molecule has 0 fully saturated rings. The summed E-state index contributed by atoms with van der Waals surface area (Å²) in [5, 5.41) is 21.0. The van der Waals surface area contributed by atoms with Gasteiger partial charge in [0.1, 0.15) is 11.3 Å². The van der Waals surface area contributed by atoms with Crippen molar-refractivity contribution in [1.29, 1.82) is 0 Å². The molecule has 3 N–H and O–H groups in total. The van der Waals surface area contributed by atoms with Crippen molar-refractivity contribution < 1.29 is 19.8 Å². The number of aromatic carboxylic acids is 1. The average Bonchev–Trinajstić information content (AvgIpc) is 2.43. The third kappa shape index (κ3) is 3.73. The highest BCUT2D eigenvalue weighted by atomic mass is 127. The van der Waals surface area contributed by atoms with E-state index in [1.165, 1.54) is 18.2 Å². The molecule has 0 aromatic heterocycles. The lowest BCUT2D eigenvalue weighted by Crippen LogP contribution is -2.14. The van der Waals surface area contributed by atoms with Crippen LogP contribution in [0.4, 0.5) is 5.69 Å². The number of aromatic hydroxyl groups is 1. The molecule has 0 bridgehead atoms. The Hall–Kier alpha value is -1.61. The lowest BCUT2D eigenvalue weighted by molar-refractivity contribution is 0.0693. The Kier molecular flexibility index (Phi) is 4.84. The number of rotatable bonds is 3. The van der Waals surface area contributed by atoms with Crippen LogP contribution in [-0.2, 0) is 0 Å². The number of benzene rings is 2. The molecule has 0 unspecified atom stereocenters. The summed E-state index contributed by atoms with van der Waals surface area (Å²) in [5.41, 5.74) is 0.498. The Labute approximate surface area is 142 Å². The molecule has 7 heteroatoms. The number of phenols is 1. The number of nitrogens with one attached hydrogen (secondary N) is 1. The van der Waals surface area contributed by atoms with Crippen LogP contribution in [-0.4, -0.2) is 22.1 Å². The summed E-state index contributed by atoms with van der Waals surface area (Å²) in [4.78, 5) is 23.2. The van der Waals surface area contributed by atoms with E-state index in [1.807, 2.05) is 28.7 Å². The summed E-state index contributed by atoms with van der Waals surface area (Å²) < 4.78 is 1.54. The summed E-state index contributed by atoms with van der Waals surface area (Å²) in [6.07, 6.45) is 0. The molecule has 108 valence electrons. The molecule has 2 aromatic carbocycles. The Morgan fingerprint density at radius 3 is 2.48 bits per heavy atom. The van der Waals surface area contributed by atoms with Gasteiger partial charge in [-0.3, -0.25) is 4.79 Å². The van der Waals surface area contributed by atoms with Crippen molar-refractivity contribution in [1.82, 2.24) is 0 Å². The molecule has 0 saturated heterocycles. The second-order valence-corrected chi connectivity index (χ2v) is 6.19.